The topological polar surface area (TPSA) is 86.6 Å². The predicted octanol–water partition coefficient (Wildman–Crippen LogP) is 2.32. The molecule has 0 aromatic heterocycles. The van der Waals surface area contributed by atoms with Gasteiger partial charge in [0.05, 0.1) is 11.0 Å². The van der Waals surface area contributed by atoms with Gasteiger partial charge in [0.2, 0.25) is 5.91 Å². The van der Waals surface area contributed by atoms with Crippen molar-refractivity contribution >= 4 is 11.9 Å². The van der Waals surface area contributed by atoms with Crippen LogP contribution in [0.15, 0.2) is 0 Å². The predicted molar refractivity (Wildman–Crippen MR) is 80.9 cm³/mol. The molecule has 3 N–H and O–H groups in total. The maximum Gasteiger partial charge on any atom is 0.310 e. The summed E-state index contributed by atoms with van der Waals surface area (Å²) in [7, 11) is 0. The fraction of sp³-hybridized carbons (Fsp3) is 0.875. The Morgan fingerprint density at radius 3 is 2.19 bits per heavy atom. The van der Waals surface area contributed by atoms with Crippen LogP contribution in [-0.2, 0) is 9.59 Å². The van der Waals surface area contributed by atoms with Gasteiger partial charge in [0.15, 0.2) is 0 Å². The molecule has 0 aromatic carbocycles. The molecule has 1 aliphatic rings. The van der Waals surface area contributed by atoms with Crippen molar-refractivity contribution in [3.05, 3.63) is 0 Å². The molecule has 0 atom stereocenters. The zero-order chi connectivity index (χ0) is 16.1. The number of hydrogen-bond donors (Lipinski definition) is 3. The van der Waals surface area contributed by atoms with Crippen LogP contribution in [0.5, 0.6) is 0 Å². The van der Waals surface area contributed by atoms with Crippen molar-refractivity contribution in [1.82, 2.24) is 5.32 Å². The van der Waals surface area contributed by atoms with Gasteiger partial charge in [0, 0.05) is 13.0 Å². The van der Waals surface area contributed by atoms with Crippen LogP contribution in [0.1, 0.15) is 65.7 Å². The molecule has 5 nitrogen and oxygen atoms in total. The molecule has 21 heavy (non-hydrogen) atoms. The molecule has 0 aromatic rings. The van der Waals surface area contributed by atoms with Gasteiger partial charge in [-0.15, -0.1) is 0 Å². The first-order chi connectivity index (χ1) is 9.77. The molecular formula is C16H29NO4. The molecule has 0 radical (unpaired) electrons. The first kappa shape index (κ1) is 18.0. The lowest BCUT2D eigenvalue weighted by Gasteiger charge is -2.35. The lowest BCUT2D eigenvalue weighted by molar-refractivity contribution is -0.152. The minimum atomic E-state index is -0.992. The Bertz CT molecular complexity index is 368. The molecule has 0 unspecified atom stereocenters. The Kier molecular flexibility index (Phi) is 6.20. The summed E-state index contributed by atoms with van der Waals surface area (Å²) in [4.78, 5) is 23.4. The summed E-state index contributed by atoms with van der Waals surface area (Å²) in [5, 5.41) is 22.5. The van der Waals surface area contributed by atoms with E-state index < -0.39 is 17.0 Å². The SMILES string of the molecule is CCC(CC)(CC(=O)NCC1(O)CCC(C)CC1)C(=O)O. The van der Waals surface area contributed by atoms with E-state index in [1.54, 1.807) is 13.8 Å². The highest BCUT2D eigenvalue weighted by Crippen LogP contribution is 2.32. The molecule has 0 bridgehead atoms. The Morgan fingerprint density at radius 2 is 1.76 bits per heavy atom. The highest BCUT2D eigenvalue weighted by Gasteiger charge is 2.38. The van der Waals surface area contributed by atoms with E-state index in [0.717, 1.165) is 12.8 Å². The molecule has 1 saturated carbocycles. The van der Waals surface area contributed by atoms with E-state index in [0.29, 0.717) is 31.6 Å². The van der Waals surface area contributed by atoms with E-state index in [9.17, 15) is 19.8 Å². The van der Waals surface area contributed by atoms with E-state index in [4.69, 9.17) is 0 Å². The third-order valence-electron chi connectivity index (χ3n) is 5.13. The Morgan fingerprint density at radius 1 is 1.24 bits per heavy atom. The minimum absolute atomic E-state index is 0.0260. The molecule has 0 saturated heterocycles. The maximum absolute atomic E-state index is 12.0. The number of carboxylic acid groups (broad SMARTS) is 1. The van der Waals surface area contributed by atoms with Crippen molar-refractivity contribution in [2.45, 2.75) is 71.3 Å². The molecule has 1 aliphatic carbocycles. The monoisotopic (exact) mass is 299 g/mol. The van der Waals surface area contributed by atoms with Gasteiger partial charge < -0.3 is 15.5 Å². The number of hydrogen-bond acceptors (Lipinski definition) is 3. The van der Waals surface area contributed by atoms with Crippen molar-refractivity contribution in [3.8, 4) is 0 Å². The van der Waals surface area contributed by atoms with Crippen LogP contribution in [0, 0.1) is 11.3 Å². The number of carboxylic acids is 1. The Balaban J connectivity index is 2.52. The molecule has 1 rings (SSSR count). The number of aliphatic carboxylic acids is 1. The Labute approximate surface area is 127 Å². The van der Waals surface area contributed by atoms with E-state index in [1.165, 1.54) is 0 Å². The average molecular weight is 299 g/mol. The van der Waals surface area contributed by atoms with Crippen molar-refractivity contribution < 1.29 is 19.8 Å². The summed E-state index contributed by atoms with van der Waals surface area (Å²) >= 11 is 0. The highest BCUT2D eigenvalue weighted by molar-refractivity contribution is 5.84. The fourth-order valence-electron chi connectivity index (χ4n) is 2.99. The van der Waals surface area contributed by atoms with Gasteiger partial charge in [0.1, 0.15) is 0 Å². The van der Waals surface area contributed by atoms with Gasteiger partial charge in [-0.1, -0.05) is 20.8 Å². The zero-order valence-corrected chi connectivity index (χ0v) is 13.4. The van der Waals surface area contributed by atoms with Gasteiger partial charge in [-0.05, 0) is 44.4 Å². The molecule has 1 amide bonds. The van der Waals surface area contributed by atoms with Crippen molar-refractivity contribution in [3.63, 3.8) is 0 Å². The molecule has 0 aliphatic heterocycles. The number of carbonyl (C=O) groups is 2. The first-order valence-electron chi connectivity index (χ1n) is 7.99. The second kappa shape index (κ2) is 7.25. The standard InChI is InChI=1S/C16H29NO4/c1-4-15(5-2,14(19)20)10-13(18)17-11-16(21)8-6-12(3)7-9-16/h12,21H,4-11H2,1-3H3,(H,17,18)(H,19,20). The number of amides is 1. The normalized spacial score (nSPS) is 26.4. The lowest BCUT2D eigenvalue weighted by atomic mass is 9.78. The summed E-state index contributed by atoms with van der Waals surface area (Å²) in [6, 6.07) is 0. The van der Waals surface area contributed by atoms with Gasteiger partial charge in [-0.25, -0.2) is 0 Å². The van der Waals surface area contributed by atoms with Crippen LogP contribution in [0.2, 0.25) is 0 Å². The lowest BCUT2D eigenvalue weighted by Crippen LogP contribution is -2.46. The van der Waals surface area contributed by atoms with E-state index in [1.807, 2.05) is 0 Å². The number of carbonyl (C=O) groups excluding carboxylic acids is 1. The fourth-order valence-corrected chi connectivity index (χ4v) is 2.99. The van der Waals surface area contributed by atoms with Crippen molar-refractivity contribution in [2.24, 2.45) is 11.3 Å². The second-order valence-electron chi connectivity index (χ2n) is 6.65. The van der Waals surface area contributed by atoms with Gasteiger partial charge in [0.25, 0.3) is 0 Å². The summed E-state index contributed by atoms with van der Waals surface area (Å²) < 4.78 is 0. The number of nitrogens with one attached hydrogen (secondary N) is 1. The molecule has 0 spiro atoms. The quantitative estimate of drug-likeness (QED) is 0.673. The van der Waals surface area contributed by atoms with Crippen LogP contribution >= 0.6 is 0 Å². The van der Waals surface area contributed by atoms with Crippen LogP contribution in [-0.4, -0.2) is 34.2 Å². The highest BCUT2D eigenvalue weighted by atomic mass is 16.4. The van der Waals surface area contributed by atoms with Gasteiger partial charge >= 0.3 is 5.97 Å². The number of aliphatic hydroxyl groups is 1. The summed E-state index contributed by atoms with van der Waals surface area (Å²) in [6.07, 6.45) is 4.15. The van der Waals surface area contributed by atoms with Crippen molar-refractivity contribution in [2.75, 3.05) is 6.54 Å². The van der Waals surface area contributed by atoms with Crippen LogP contribution in [0.4, 0.5) is 0 Å². The molecular weight excluding hydrogens is 270 g/mol. The van der Waals surface area contributed by atoms with Crippen LogP contribution in [0.25, 0.3) is 0 Å². The van der Waals surface area contributed by atoms with Gasteiger partial charge in [-0.2, -0.15) is 0 Å². The largest absolute Gasteiger partial charge is 0.481 e. The molecule has 0 heterocycles. The minimum Gasteiger partial charge on any atom is -0.481 e. The average Bonchev–Trinajstić information content (AvgIpc) is 2.46. The first-order valence-corrected chi connectivity index (χ1v) is 7.99. The van der Waals surface area contributed by atoms with E-state index in [2.05, 4.69) is 12.2 Å². The van der Waals surface area contributed by atoms with E-state index >= 15 is 0 Å². The summed E-state index contributed by atoms with van der Waals surface area (Å²) in [5.74, 6) is -0.582. The summed E-state index contributed by atoms with van der Waals surface area (Å²) in [5.41, 5.74) is -1.82. The molecule has 1 fully saturated rings. The van der Waals surface area contributed by atoms with E-state index in [-0.39, 0.29) is 18.9 Å². The maximum atomic E-state index is 12.0. The van der Waals surface area contributed by atoms with Crippen LogP contribution < -0.4 is 5.32 Å². The smallest absolute Gasteiger partial charge is 0.310 e. The Hall–Kier alpha value is -1.10. The molecule has 5 heteroatoms. The van der Waals surface area contributed by atoms with Gasteiger partial charge in [-0.3, -0.25) is 9.59 Å². The van der Waals surface area contributed by atoms with Crippen LogP contribution in [0.3, 0.4) is 0 Å². The second-order valence-corrected chi connectivity index (χ2v) is 6.65. The third kappa shape index (κ3) is 4.70. The summed E-state index contributed by atoms with van der Waals surface area (Å²) in [6.45, 7) is 5.98. The number of rotatable bonds is 7. The van der Waals surface area contributed by atoms with Crippen molar-refractivity contribution in [1.29, 1.82) is 0 Å². The third-order valence-corrected chi connectivity index (χ3v) is 5.13. The molecule has 122 valence electrons. The zero-order valence-electron chi connectivity index (χ0n) is 13.4.